The number of primary amides is 1. The fourth-order valence-corrected chi connectivity index (χ4v) is 2.86. The number of nitrogens with two attached hydrogens (primary N) is 1. The average Bonchev–Trinajstić information content (AvgIpc) is 2.34. The number of benzene rings is 1. The van der Waals surface area contributed by atoms with Crippen LogP contribution in [0.2, 0.25) is 10.0 Å². The Kier molecular flexibility index (Phi) is 4.49. The summed E-state index contributed by atoms with van der Waals surface area (Å²) in [5, 5.41) is 1.34. The van der Waals surface area contributed by atoms with Crippen molar-refractivity contribution in [1.29, 1.82) is 0 Å². The lowest BCUT2D eigenvalue weighted by molar-refractivity contribution is -0.123. The van der Waals surface area contributed by atoms with Gasteiger partial charge in [0, 0.05) is 28.7 Å². The first-order valence-electron chi connectivity index (χ1n) is 6.02. The highest BCUT2D eigenvalue weighted by Gasteiger charge is 2.24. The Hall–Kier alpha value is -0.770. The number of rotatable bonds is 3. The quantitative estimate of drug-likeness (QED) is 0.929. The molecule has 0 aromatic heterocycles. The van der Waals surface area contributed by atoms with E-state index in [4.69, 9.17) is 28.9 Å². The van der Waals surface area contributed by atoms with E-state index in [0.717, 1.165) is 24.9 Å². The summed E-state index contributed by atoms with van der Waals surface area (Å²) in [5.74, 6) is -0.273. The molecule has 0 spiro atoms. The van der Waals surface area contributed by atoms with Crippen LogP contribution in [0.1, 0.15) is 18.4 Å². The fraction of sp³-hybridized carbons (Fsp3) is 0.462. The lowest BCUT2D eigenvalue weighted by Gasteiger charge is -2.31. The van der Waals surface area contributed by atoms with Gasteiger partial charge in [-0.2, -0.15) is 0 Å². The van der Waals surface area contributed by atoms with Crippen molar-refractivity contribution in [2.24, 2.45) is 11.7 Å². The molecule has 1 atom stereocenters. The van der Waals surface area contributed by atoms with Gasteiger partial charge in [-0.1, -0.05) is 29.3 Å². The van der Waals surface area contributed by atoms with E-state index in [-0.39, 0.29) is 11.8 Å². The van der Waals surface area contributed by atoms with E-state index < -0.39 is 0 Å². The molecule has 0 aliphatic carbocycles. The van der Waals surface area contributed by atoms with Crippen molar-refractivity contribution in [2.75, 3.05) is 13.1 Å². The number of halogens is 2. The van der Waals surface area contributed by atoms with Crippen molar-refractivity contribution in [3.8, 4) is 0 Å². The number of carbonyl (C=O) groups is 1. The minimum absolute atomic E-state index is 0.0555. The van der Waals surface area contributed by atoms with E-state index in [1.54, 1.807) is 0 Å². The number of hydrogen-bond acceptors (Lipinski definition) is 2. The SMILES string of the molecule is NC(=O)[C@@H]1CCCN(Cc2c(Cl)cccc2Cl)C1. The molecule has 1 aliphatic rings. The molecule has 0 bridgehead atoms. The van der Waals surface area contributed by atoms with Crippen LogP contribution in [0.3, 0.4) is 0 Å². The van der Waals surface area contributed by atoms with Crippen molar-refractivity contribution < 1.29 is 4.79 Å². The van der Waals surface area contributed by atoms with E-state index in [0.29, 0.717) is 23.1 Å². The first kappa shape index (κ1) is 13.7. The van der Waals surface area contributed by atoms with Gasteiger partial charge in [0.15, 0.2) is 0 Å². The number of carbonyl (C=O) groups excluding carboxylic acids is 1. The van der Waals surface area contributed by atoms with Gasteiger partial charge in [0.1, 0.15) is 0 Å². The second-order valence-electron chi connectivity index (χ2n) is 4.68. The summed E-state index contributed by atoms with van der Waals surface area (Å²) in [6.07, 6.45) is 1.86. The fourth-order valence-electron chi connectivity index (χ4n) is 2.34. The minimum atomic E-state index is -0.218. The standard InChI is InChI=1S/C13H16Cl2N2O/c14-11-4-1-5-12(15)10(11)8-17-6-2-3-9(7-17)13(16)18/h1,4-5,9H,2-3,6-8H2,(H2,16,18)/t9-/m1/s1. The van der Waals surface area contributed by atoms with Crippen LogP contribution in [0.4, 0.5) is 0 Å². The third kappa shape index (κ3) is 3.16. The Morgan fingerprint density at radius 3 is 2.67 bits per heavy atom. The van der Waals surface area contributed by atoms with Gasteiger partial charge in [-0.15, -0.1) is 0 Å². The van der Waals surface area contributed by atoms with E-state index >= 15 is 0 Å². The van der Waals surface area contributed by atoms with Gasteiger partial charge in [0.25, 0.3) is 0 Å². The summed E-state index contributed by atoms with van der Waals surface area (Å²) in [4.78, 5) is 13.4. The number of nitrogens with zero attached hydrogens (tertiary/aromatic N) is 1. The zero-order chi connectivity index (χ0) is 13.1. The second kappa shape index (κ2) is 5.91. The molecule has 2 N–H and O–H groups in total. The van der Waals surface area contributed by atoms with Gasteiger partial charge < -0.3 is 5.73 Å². The Morgan fingerprint density at radius 2 is 2.06 bits per heavy atom. The Morgan fingerprint density at radius 1 is 1.39 bits per heavy atom. The molecule has 0 radical (unpaired) electrons. The van der Waals surface area contributed by atoms with Gasteiger partial charge in [-0.3, -0.25) is 9.69 Å². The zero-order valence-corrected chi connectivity index (χ0v) is 11.5. The lowest BCUT2D eigenvalue weighted by atomic mass is 9.97. The highest BCUT2D eigenvalue weighted by atomic mass is 35.5. The molecule has 1 amide bonds. The summed E-state index contributed by atoms with van der Waals surface area (Å²) >= 11 is 12.3. The second-order valence-corrected chi connectivity index (χ2v) is 5.49. The molecule has 1 saturated heterocycles. The van der Waals surface area contributed by atoms with Gasteiger partial charge in [-0.25, -0.2) is 0 Å². The van der Waals surface area contributed by atoms with Crippen LogP contribution in [0, 0.1) is 5.92 Å². The largest absolute Gasteiger partial charge is 0.369 e. The highest BCUT2D eigenvalue weighted by molar-refractivity contribution is 6.35. The van der Waals surface area contributed by atoms with E-state index in [9.17, 15) is 4.79 Å². The molecule has 0 saturated carbocycles. The minimum Gasteiger partial charge on any atom is -0.369 e. The molecule has 5 heteroatoms. The summed E-state index contributed by atoms with van der Waals surface area (Å²) < 4.78 is 0. The average molecular weight is 287 g/mol. The van der Waals surface area contributed by atoms with Gasteiger partial charge in [0.2, 0.25) is 5.91 Å². The van der Waals surface area contributed by atoms with Gasteiger partial charge in [0.05, 0.1) is 5.92 Å². The maximum absolute atomic E-state index is 11.2. The van der Waals surface area contributed by atoms with Crippen molar-refractivity contribution in [2.45, 2.75) is 19.4 Å². The Balaban J connectivity index is 2.07. The molecule has 1 aliphatic heterocycles. The third-order valence-corrected chi connectivity index (χ3v) is 4.06. The maximum Gasteiger partial charge on any atom is 0.221 e. The summed E-state index contributed by atoms with van der Waals surface area (Å²) in [6, 6.07) is 5.49. The van der Waals surface area contributed by atoms with E-state index in [1.807, 2.05) is 18.2 Å². The van der Waals surface area contributed by atoms with Crippen molar-refractivity contribution in [3.63, 3.8) is 0 Å². The third-order valence-electron chi connectivity index (χ3n) is 3.35. The molecule has 1 fully saturated rings. The summed E-state index contributed by atoms with van der Waals surface area (Å²) in [7, 11) is 0. The number of piperidine rings is 1. The molecule has 1 aromatic rings. The molecular formula is C13H16Cl2N2O. The number of likely N-dealkylation sites (tertiary alicyclic amines) is 1. The molecule has 0 unspecified atom stereocenters. The molecule has 18 heavy (non-hydrogen) atoms. The van der Waals surface area contributed by atoms with Crippen LogP contribution < -0.4 is 5.73 Å². The van der Waals surface area contributed by atoms with E-state index in [1.165, 1.54) is 0 Å². The van der Waals surface area contributed by atoms with Crippen LogP contribution >= 0.6 is 23.2 Å². The first-order chi connectivity index (χ1) is 8.58. The monoisotopic (exact) mass is 286 g/mol. The Bertz CT molecular complexity index is 430. The number of hydrogen-bond donors (Lipinski definition) is 1. The lowest BCUT2D eigenvalue weighted by Crippen LogP contribution is -2.40. The molecule has 3 nitrogen and oxygen atoms in total. The molecule has 2 rings (SSSR count). The van der Waals surface area contributed by atoms with Crippen molar-refractivity contribution >= 4 is 29.1 Å². The molecule has 98 valence electrons. The van der Waals surface area contributed by atoms with Crippen molar-refractivity contribution in [1.82, 2.24) is 4.90 Å². The van der Waals surface area contributed by atoms with Gasteiger partial charge in [-0.05, 0) is 31.5 Å². The normalized spacial score (nSPS) is 20.9. The van der Waals surface area contributed by atoms with Crippen LogP contribution in [0.15, 0.2) is 18.2 Å². The van der Waals surface area contributed by atoms with Crippen LogP contribution in [0.25, 0.3) is 0 Å². The predicted octanol–water partition coefficient (Wildman–Crippen LogP) is 2.69. The van der Waals surface area contributed by atoms with E-state index in [2.05, 4.69) is 4.90 Å². The van der Waals surface area contributed by atoms with Gasteiger partial charge >= 0.3 is 0 Å². The molecule has 1 aromatic carbocycles. The molecule has 1 heterocycles. The number of amides is 1. The topological polar surface area (TPSA) is 46.3 Å². The molecular weight excluding hydrogens is 271 g/mol. The predicted molar refractivity (Wildman–Crippen MR) is 73.7 cm³/mol. The zero-order valence-electron chi connectivity index (χ0n) is 10.0. The Labute approximate surface area is 117 Å². The highest BCUT2D eigenvalue weighted by Crippen LogP contribution is 2.27. The maximum atomic E-state index is 11.2. The summed E-state index contributed by atoms with van der Waals surface area (Å²) in [5.41, 5.74) is 6.29. The van der Waals surface area contributed by atoms with Crippen LogP contribution in [0.5, 0.6) is 0 Å². The smallest absolute Gasteiger partial charge is 0.221 e. The first-order valence-corrected chi connectivity index (χ1v) is 6.78. The van der Waals surface area contributed by atoms with Crippen molar-refractivity contribution in [3.05, 3.63) is 33.8 Å². The van der Waals surface area contributed by atoms with Crippen LogP contribution in [-0.4, -0.2) is 23.9 Å². The summed E-state index contributed by atoms with van der Waals surface area (Å²) in [6.45, 7) is 2.31. The van der Waals surface area contributed by atoms with Crippen LogP contribution in [-0.2, 0) is 11.3 Å².